The van der Waals surface area contributed by atoms with Gasteiger partial charge in [-0.1, -0.05) is 18.2 Å². The Morgan fingerprint density at radius 3 is 2.57 bits per heavy atom. The number of nitrogens with one attached hydrogen (secondary N) is 1. The monoisotopic (exact) mass is 375 g/mol. The predicted molar refractivity (Wildman–Crippen MR) is 107 cm³/mol. The van der Waals surface area contributed by atoms with E-state index in [2.05, 4.69) is 10.3 Å². The Balaban J connectivity index is 1.93. The molecule has 0 fully saturated rings. The Labute approximate surface area is 162 Å². The van der Waals surface area contributed by atoms with Crippen molar-refractivity contribution in [1.82, 2.24) is 9.55 Å². The van der Waals surface area contributed by atoms with Gasteiger partial charge in [0.1, 0.15) is 0 Å². The number of para-hydroxylation sites is 1. The normalized spacial score (nSPS) is 13.2. The summed E-state index contributed by atoms with van der Waals surface area (Å²) in [5, 5.41) is 12.7. The number of rotatable bonds is 6. The molecule has 6 heteroatoms. The van der Waals surface area contributed by atoms with E-state index in [1.54, 1.807) is 12.4 Å². The van der Waals surface area contributed by atoms with E-state index in [1.165, 1.54) is 0 Å². The van der Waals surface area contributed by atoms with Crippen LogP contribution in [-0.2, 0) is 17.8 Å². The number of carboxylic acid groups (broad SMARTS) is 1. The van der Waals surface area contributed by atoms with Crippen LogP contribution in [0.2, 0.25) is 0 Å². The van der Waals surface area contributed by atoms with Gasteiger partial charge in [-0.05, 0) is 37.1 Å². The molecule has 28 heavy (non-hydrogen) atoms. The molecular weight excluding hydrogens is 354 g/mol. The van der Waals surface area contributed by atoms with Crippen LogP contribution >= 0.6 is 0 Å². The third-order valence-electron chi connectivity index (χ3n) is 5.01. The van der Waals surface area contributed by atoms with Crippen LogP contribution < -0.4 is 5.32 Å². The maximum absolute atomic E-state index is 12.8. The molecule has 0 bridgehead atoms. The van der Waals surface area contributed by atoms with Crippen LogP contribution in [0.5, 0.6) is 0 Å². The highest BCUT2D eigenvalue weighted by Crippen LogP contribution is 2.41. The molecule has 142 valence electrons. The van der Waals surface area contributed by atoms with Gasteiger partial charge >= 0.3 is 5.97 Å². The molecule has 6 nitrogen and oxygen atoms in total. The van der Waals surface area contributed by atoms with E-state index in [9.17, 15) is 14.7 Å². The van der Waals surface area contributed by atoms with E-state index in [0.717, 1.165) is 41.2 Å². The molecule has 0 radical (unpaired) electrons. The molecule has 1 aliphatic rings. The van der Waals surface area contributed by atoms with Gasteiger partial charge < -0.3 is 15.0 Å². The summed E-state index contributed by atoms with van der Waals surface area (Å²) in [6, 6.07) is 13.5. The first kappa shape index (κ1) is 18.0. The molecule has 3 aromatic rings. The average molecular weight is 375 g/mol. The number of hydrogen-bond donors (Lipinski definition) is 2. The fourth-order valence-corrected chi connectivity index (χ4v) is 3.82. The van der Waals surface area contributed by atoms with Crippen molar-refractivity contribution >= 4 is 23.1 Å². The molecule has 0 saturated heterocycles. The van der Waals surface area contributed by atoms with E-state index >= 15 is 0 Å². The number of hydrogen-bond acceptors (Lipinski definition) is 4. The minimum Gasteiger partial charge on any atom is -0.481 e. The van der Waals surface area contributed by atoms with E-state index in [-0.39, 0.29) is 12.2 Å². The highest BCUT2D eigenvalue weighted by molar-refractivity contribution is 6.07. The summed E-state index contributed by atoms with van der Waals surface area (Å²) >= 11 is 0. The first-order valence-corrected chi connectivity index (χ1v) is 9.38. The fraction of sp³-hybridized carbons (Fsp3) is 0.227. The minimum atomic E-state index is -0.858. The highest BCUT2D eigenvalue weighted by Gasteiger charge is 2.30. The molecule has 1 aromatic carbocycles. The largest absolute Gasteiger partial charge is 0.481 e. The maximum atomic E-state index is 12.8. The Kier molecular flexibility index (Phi) is 4.93. The number of Topliss-reactive ketones (excluding diaryl/α,β-unsaturated/α-hetero) is 1. The topological polar surface area (TPSA) is 84.2 Å². The molecule has 0 atom stereocenters. The average Bonchev–Trinajstić information content (AvgIpc) is 3.02. The molecule has 0 spiro atoms. The lowest BCUT2D eigenvalue weighted by Crippen LogP contribution is -2.15. The van der Waals surface area contributed by atoms with Gasteiger partial charge in [-0.15, -0.1) is 0 Å². The van der Waals surface area contributed by atoms with Gasteiger partial charge in [0.2, 0.25) is 0 Å². The Morgan fingerprint density at radius 1 is 1.11 bits per heavy atom. The molecule has 0 saturated carbocycles. The maximum Gasteiger partial charge on any atom is 0.305 e. The molecular formula is C22H21N3O3. The van der Waals surface area contributed by atoms with Crippen molar-refractivity contribution in [3.63, 3.8) is 0 Å². The summed E-state index contributed by atoms with van der Waals surface area (Å²) in [7, 11) is 0. The number of anilines is 2. The molecule has 2 heterocycles. The third kappa shape index (κ3) is 3.41. The second kappa shape index (κ2) is 7.68. The number of pyridine rings is 1. The molecule has 2 aromatic heterocycles. The summed E-state index contributed by atoms with van der Waals surface area (Å²) in [6.45, 7) is 0.319. The molecule has 0 unspecified atom stereocenters. The number of aromatic nitrogens is 2. The Bertz CT molecular complexity index is 1010. The highest BCUT2D eigenvalue weighted by atomic mass is 16.4. The predicted octanol–water partition coefficient (Wildman–Crippen LogP) is 4.29. The lowest BCUT2D eigenvalue weighted by Gasteiger charge is -2.15. The summed E-state index contributed by atoms with van der Waals surface area (Å²) in [4.78, 5) is 28.2. The lowest BCUT2D eigenvalue weighted by atomic mass is 9.95. The number of carboxylic acids is 1. The van der Waals surface area contributed by atoms with Gasteiger partial charge in [0.25, 0.3) is 0 Å². The van der Waals surface area contributed by atoms with Gasteiger partial charge in [-0.2, -0.15) is 0 Å². The van der Waals surface area contributed by atoms with Crippen molar-refractivity contribution in [3.8, 4) is 11.3 Å². The molecule has 2 N–H and O–H groups in total. The summed E-state index contributed by atoms with van der Waals surface area (Å²) in [5.41, 5.74) is 4.99. The number of aliphatic carboxylic acids is 1. The van der Waals surface area contributed by atoms with Crippen LogP contribution in [-0.4, -0.2) is 26.4 Å². The van der Waals surface area contributed by atoms with Crippen molar-refractivity contribution in [3.05, 3.63) is 66.1 Å². The number of carbonyl (C=O) groups is 2. The summed E-state index contributed by atoms with van der Waals surface area (Å²) in [5.74, 6) is -0.758. The Hall–Kier alpha value is -3.41. The molecule has 0 aliphatic heterocycles. The van der Waals surface area contributed by atoms with Crippen LogP contribution in [0.1, 0.15) is 35.3 Å². The number of fused-ring (bicyclic) bond motifs is 1. The zero-order chi connectivity index (χ0) is 19.5. The number of benzene rings is 1. The van der Waals surface area contributed by atoms with Crippen molar-refractivity contribution in [2.24, 2.45) is 0 Å². The summed E-state index contributed by atoms with van der Waals surface area (Å²) in [6.07, 6.45) is 5.46. The van der Waals surface area contributed by atoms with E-state index in [1.807, 2.05) is 47.0 Å². The van der Waals surface area contributed by atoms with Gasteiger partial charge in [0.15, 0.2) is 5.78 Å². The zero-order valence-corrected chi connectivity index (χ0v) is 15.4. The van der Waals surface area contributed by atoms with Gasteiger partial charge in [0, 0.05) is 42.3 Å². The number of ketones is 1. The first-order chi connectivity index (χ1) is 13.6. The molecule has 1 aliphatic carbocycles. The van der Waals surface area contributed by atoms with Gasteiger partial charge in [0.05, 0.1) is 23.4 Å². The van der Waals surface area contributed by atoms with Gasteiger partial charge in [-0.25, -0.2) is 0 Å². The van der Waals surface area contributed by atoms with Crippen LogP contribution in [0, 0.1) is 0 Å². The second-order valence-corrected chi connectivity index (χ2v) is 6.84. The van der Waals surface area contributed by atoms with Crippen molar-refractivity contribution in [2.75, 3.05) is 5.32 Å². The SMILES string of the molecule is O=C(O)CCn1c2c(c(Nc3ccccc3)c1-c1ccncc1)C(=O)CCC2. The van der Waals surface area contributed by atoms with Crippen molar-refractivity contribution < 1.29 is 14.7 Å². The summed E-state index contributed by atoms with van der Waals surface area (Å²) < 4.78 is 2.00. The van der Waals surface area contributed by atoms with E-state index < -0.39 is 5.97 Å². The van der Waals surface area contributed by atoms with Crippen LogP contribution in [0.25, 0.3) is 11.3 Å². The lowest BCUT2D eigenvalue weighted by molar-refractivity contribution is -0.137. The number of carbonyl (C=O) groups excluding carboxylic acids is 1. The Morgan fingerprint density at radius 2 is 1.86 bits per heavy atom. The van der Waals surface area contributed by atoms with Crippen molar-refractivity contribution in [1.29, 1.82) is 0 Å². The third-order valence-corrected chi connectivity index (χ3v) is 5.01. The smallest absolute Gasteiger partial charge is 0.305 e. The van der Waals surface area contributed by atoms with Crippen molar-refractivity contribution in [2.45, 2.75) is 32.2 Å². The first-order valence-electron chi connectivity index (χ1n) is 9.38. The van der Waals surface area contributed by atoms with Crippen LogP contribution in [0.3, 0.4) is 0 Å². The van der Waals surface area contributed by atoms with E-state index in [0.29, 0.717) is 18.5 Å². The van der Waals surface area contributed by atoms with E-state index in [4.69, 9.17) is 0 Å². The zero-order valence-electron chi connectivity index (χ0n) is 15.4. The quantitative estimate of drug-likeness (QED) is 0.671. The van der Waals surface area contributed by atoms with Crippen LogP contribution in [0.4, 0.5) is 11.4 Å². The standard InChI is InChI=1S/C22H21N3O3/c26-18-8-4-7-17-20(18)21(24-16-5-2-1-3-6-16)22(15-9-12-23-13-10-15)25(17)14-11-19(27)28/h1-3,5-6,9-10,12-13,24H,4,7-8,11,14H2,(H,27,28). The second-order valence-electron chi connectivity index (χ2n) is 6.84. The molecule has 0 amide bonds. The van der Waals surface area contributed by atoms with Gasteiger partial charge in [-0.3, -0.25) is 14.6 Å². The number of nitrogens with zero attached hydrogens (tertiary/aromatic N) is 2. The minimum absolute atomic E-state index is 0.00181. The molecule has 4 rings (SSSR count). The van der Waals surface area contributed by atoms with Crippen LogP contribution in [0.15, 0.2) is 54.9 Å². The fourth-order valence-electron chi connectivity index (χ4n) is 3.82.